The average molecular weight is 359 g/mol. The fourth-order valence-electron chi connectivity index (χ4n) is 2.12. The molecule has 10 heteroatoms. The second-order valence-corrected chi connectivity index (χ2v) is 5.21. The number of nitrogens with two attached hydrogens (primary N) is 1. The van der Waals surface area contributed by atoms with E-state index < -0.39 is 4.92 Å². The van der Waals surface area contributed by atoms with Crippen molar-refractivity contribution in [3.63, 3.8) is 0 Å². The van der Waals surface area contributed by atoms with Crippen molar-refractivity contribution in [2.45, 2.75) is 6.54 Å². The van der Waals surface area contributed by atoms with Gasteiger partial charge in [0.05, 0.1) is 23.6 Å². The van der Waals surface area contributed by atoms with Crippen LogP contribution >= 0.6 is 11.6 Å². The number of hydrogen-bond acceptors (Lipinski definition) is 7. The van der Waals surface area contributed by atoms with Crippen molar-refractivity contribution in [1.29, 1.82) is 10.5 Å². The number of benzene rings is 1. The maximum Gasteiger partial charge on any atom is 0.288 e. The predicted octanol–water partition coefficient (Wildman–Crippen LogP) is 1.96. The van der Waals surface area contributed by atoms with Crippen molar-refractivity contribution in [2.75, 3.05) is 12.3 Å². The van der Waals surface area contributed by atoms with E-state index in [2.05, 4.69) is 5.10 Å². The first-order valence-electron chi connectivity index (χ1n) is 6.86. The van der Waals surface area contributed by atoms with Gasteiger partial charge in [0, 0.05) is 6.07 Å². The zero-order chi connectivity index (χ0) is 18.6. The zero-order valence-corrected chi connectivity index (χ0v) is 13.4. The number of aromatic nitrogens is 2. The summed E-state index contributed by atoms with van der Waals surface area (Å²) in [5, 5.41) is 42.6. The minimum atomic E-state index is -0.639. The minimum absolute atomic E-state index is 0.00318. The Hall–Kier alpha value is -3.40. The van der Waals surface area contributed by atoms with Gasteiger partial charge in [-0.3, -0.25) is 10.1 Å². The van der Waals surface area contributed by atoms with E-state index in [-0.39, 0.29) is 46.5 Å². The lowest BCUT2D eigenvalue weighted by Gasteiger charge is -1.99. The Morgan fingerprint density at radius 3 is 2.80 bits per heavy atom. The molecule has 0 radical (unpaired) electrons. The summed E-state index contributed by atoms with van der Waals surface area (Å²) in [6.45, 7) is -0.184. The number of allylic oxidation sites excluding steroid dienone is 1. The van der Waals surface area contributed by atoms with Crippen LogP contribution in [0.1, 0.15) is 16.8 Å². The number of anilines is 1. The monoisotopic (exact) mass is 358 g/mol. The van der Waals surface area contributed by atoms with E-state index in [1.165, 1.54) is 29.0 Å². The lowest BCUT2D eigenvalue weighted by atomic mass is 10.1. The van der Waals surface area contributed by atoms with Crippen molar-refractivity contribution in [3.8, 4) is 12.1 Å². The molecule has 9 nitrogen and oxygen atoms in total. The van der Waals surface area contributed by atoms with E-state index in [1.807, 2.05) is 12.1 Å². The molecule has 0 bridgehead atoms. The van der Waals surface area contributed by atoms with Crippen LogP contribution in [0.15, 0.2) is 18.2 Å². The average Bonchev–Trinajstić information content (AvgIpc) is 2.90. The van der Waals surface area contributed by atoms with Crippen LogP contribution in [0.4, 0.5) is 11.5 Å². The third-order valence-electron chi connectivity index (χ3n) is 3.27. The Labute approximate surface area is 146 Å². The van der Waals surface area contributed by atoms with E-state index in [4.69, 9.17) is 22.4 Å². The van der Waals surface area contributed by atoms with Crippen molar-refractivity contribution < 1.29 is 10.0 Å². The van der Waals surface area contributed by atoms with Gasteiger partial charge >= 0.3 is 0 Å². The van der Waals surface area contributed by atoms with Gasteiger partial charge in [0.2, 0.25) is 0 Å². The molecule has 0 aliphatic carbocycles. The molecule has 0 unspecified atom stereocenters. The van der Waals surface area contributed by atoms with Crippen LogP contribution < -0.4 is 5.73 Å². The molecule has 0 spiro atoms. The number of nitrogen functional groups attached to an aromatic ring is 1. The smallest absolute Gasteiger partial charge is 0.288 e. The number of rotatable bonds is 5. The Morgan fingerprint density at radius 1 is 1.52 bits per heavy atom. The van der Waals surface area contributed by atoms with Crippen molar-refractivity contribution >= 4 is 34.8 Å². The number of nitriles is 2. The van der Waals surface area contributed by atoms with E-state index >= 15 is 0 Å². The first-order chi connectivity index (χ1) is 11.9. The third-order valence-corrected chi connectivity index (χ3v) is 3.59. The predicted molar refractivity (Wildman–Crippen MR) is 90.0 cm³/mol. The molecule has 2 aromatic rings. The van der Waals surface area contributed by atoms with Gasteiger partial charge in [-0.15, -0.1) is 0 Å². The van der Waals surface area contributed by atoms with Crippen LogP contribution in [0.2, 0.25) is 5.02 Å². The van der Waals surface area contributed by atoms with Crippen LogP contribution in [0.3, 0.4) is 0 Å². The number of hydrogen-bond donors (Lipinski definition) is 2. The lowest BCUT2D eigenvalue weighted by Crippen LogP contribution is -2.07. The third kappa shape index (κ3) is 3.58. The van der Waals surface area contributed by atoms with Gasteiger partial charge < -0.3 is 10.8 Å². The molecule has 0 saturated carbocycles. The highest BCUT2D eigenvalue weighted by Gasteiger charge is 2.19. The SMILES string of the molecule is N#CC(=Cc1ccc(Cl)c([N+](=O)[O-])c1)c1nn(CCO)c(N)c1C#N. The van der Waals surface area contributed by atoms with E-state index in [9.17, 15) is 20.6 Å². The molecule has 1 aromatic heterocycles. The number of nitro groups is 1. The summed E-state index contributed by atoms with van der Waals surface area (Å²) >= 11 is 5.76. The second-order valence-electron chi connectivity index (χ2n) is 4.81. The van der Waals surface area contributed by atoms with Gasteiger partial charge in [-0.25, -0.2) is 4.68 Å². The van der Waals surface area contributed by atoms with Crippen molar-refractivity contribution in [1.82, 2.24) is 9.78 Å². The molecular formula is C15H11ClN6O3. The highest BCUT2D eigenvalue weighted by atomic mass is 35.5. The topological polar surface area (TPSA) is 155 Å². The fraction of sp³-hybridized carbons (Fsp3) is 0.133. The van der Waals surface area contributed by atoms with Gasteiger partial charge in [0.1, 0.15) is 34.2 Å². The molecule has 25 heavy (non-hydrogen) atoms. The largest absolute Gasteiger partial charge is 0.394 e. The quantitative estimate of drug-likeness (QED) is 0.470. The molecule has 0 aliphatic rings. The summed E-state index contributed by atoms with van der Waals surface area (Å²) in [6.07, 6.45) is 1.34. The maximum absolute atomic E-state index is 11.0. The normalized spacial score (nSPS) is 11.0. The molecule has 0 aliphatic heterocycles. The number of nitro benzene ring substituents is 1. The van der Waals surface area contributed by atoms with Gasteiger partial charge in [0.15, 0.2) is 0 Å². The number of halogens is 1. The molecule has 0 amide bonds. The maximum atomic E-state index is 11.0. The second kappa shape index (κ2) is 7.45. The van der Waals surface area contributed by atoms with Crippen LogP contribution in [0, 0.1) is 32.8 Å². The Kier molecular flexibility index (Phi) is 5.35. The van der Waals surface area contributed by atoms with Crippen molar-refractivity contribution in [2.24, 2.45) is 0 Å². The van der Waals surface area contributed by atoms with Crippen molar-refractivity contribution in [3.05, 3.63) is 50.2 Å². The molecule has 1 heterocycles. The molecule has 1 aromatic carbocycles. The molecule has 0 atom stereocenters. The van der Waals surface area contributed by atoms with E-state index in [1.54, 1.807) is 0 Å². The summed E-state index contributed by atoms with van der Waals surface area (Å²) in [5.74, 6) is 0.0230. The van der Waals surface area contributed by atoms with Crippen LogP contribution in [-0.2, 0) is 6.54 Å². The summed E-state index contributed by atoms with van der Waals surface area (Å²) in [7, 11) is 0. The lowest BCUT2D eigenvalue weighted by molar-refractivity contribution is -0.384. The summed E-state index contributed by atoms with van der Waals surface area (Å²) < 4.78 is 1.21. The Balaban J connectivity index is 2.58. The number of aliphatic hydroxyl groups is 1. The summed E-state index contributed by atoms with van der Waals surface area (Å²) in [6, 6.07) is 7.81. The summed E-state index contributed by atoms with van der Waals surface area (Å²) in [5.41, 5.74) is 5.85. The zero-order valence-electron chi connectivity index (χ0n) is 12.7. The van der Waals surface area contributed by atoms with Gasteiger partial charge in [-0.1, -0.05) is 17.7 Å². The van der Waals surface area contributed by atoms with Gasteiger partial charge in [-0.05, 0) is 17.7 Å². The molecule has 0 fully saturated rings. The molecule has 126 valence electrons. The highest BCUT2D eigenvalue weighted by Crippen LogP contribution is 2.28. The van der Waals surface area contributed by atoms with Gasteiger partial charge in [0.25, 0.3) is 5.69 Å². The molecule has 0 saturated heterocycles. The van der Waals surface area contributed by atoms with Crippen LogP contribution in [0.25, 0.3) is 11.6 Å². The first-order valence-corrected chi connectivity index (χ1v) is 7.24. The Morgan fingerprint density at radius 2 is 2.24 bits per heavy atom. The minimum Gasteiger partial charge on any atom is -0.394 e. The fourth-order valence-corrected chi connectivity index (χ4v) is 2.31. The van der Waals surface area contributed by atoms with Gasteiger partial charge in [-0.2, -0.15) is 15.6 Å². The van der Waals surface area contributed by atoms with Crippen LogP contribution in [0.5, 0.6) is 0 Å². The summed E-state index contributed by atoms with van der Waals surface area (Å²) in [4.78, 5) is 10.3. The number of aliphatic hydroxyl groups excluding tert-OH is 1. The Bertz CT molecular complexity index is 951. The number of nitrogens with zero attached hydrogens (tertiary/aromatic N) is 5. The first kappa shape index (κ1) is 17.9. The van der Waals surface area contributed by atoms with E-state index in [0.29, 0.717) is 5.56 Å². The highest BCUT2D eigenvalue weighted by molar-refractivity contribution is 6.32. The molecular weight excluding hydrogens is 348 g/mol. The van der Waals surface area contributed by atoms with E-state index in [0.717, 1.165) is 0 Å². The molecule has 3 N–H and O–H groups in total. The standard InChI is InChI=1S/C15H11ClN6O3/c16-12-2-1-9(6-13(12)22(24)25)5-10(7-17)14-11(8-18)15(19)21(20-14)3-4-23/h1-2,5-6,23H,3-4,19H2. The van der Waals surface area contributed by atoms with Crippen LogP contribution in [-0.4, -0.2) is 26.4 Å². The molecule has 2 rings (SSSR count).